The summed E-state index contributed by atoms with van der Waals surface area (Å²) < 4.78 is 19.3. The van der Waals surface area contributed by atoms with Gasteiger partial charge in [0.05, 0.1) is 12.2 Å². The zero-order valence-corrected chi connectivity index (χ0v) is 14.7. The molecule has 2 atom stereocenters. The number of alkyl halides is 1. The minimum atomic E-state index is -0.796. The lowest BCUT2D eigenvalue weighted by Crippen LogP contribution is -2.38. The maximum absolute atomic E-state index is 14.0. The van der Waals surface area contributed by atoms with Gasteiger partial charge >= 0.3 is 0 Å². The number of nitrogens with zero attached hydrogens (tertiary/aromatic N) is 5. The van der Waals surface area contributed by atoms with Crippen molar-refractivity contribution in [3.63, 3.8) is 0 Å². The summed E-state index contributed by atoms with van der Waals surface area (Å²) in [5.41, 5.74) is 0.855. The molecule has 25 heavy (non-hydrogen) atoms. The number of hydrogen-bond donors (Lipinski definition) is 0. The third-order valence-corrected chi connectivity index (χ3v) is 4.99. The lowest BCUT2D eigenvalue weighted by molar-refractivity contribution is 0.209. The fourth-order valence-corrected chi connectivity index (χ4v) is 3.52. The van der Waals surface area contributed by atoms with Gasteiger partial charge in [-0.25, -0.2) is 14.4 Å². The van der Waals surface area contributed by atoms with Crippen LogP contribution in [0.3, 0.4) is 0 Å². The first-order valence-corrected chi connectivity index (χ1v) is 8.93. The molecule has 7 heteroatoms. The van der Waals surface area contributed by atoms with E-state index in [-0.39, 0.29) is 6.04 Å². The first-order chi connectivity index (χ1) is 12.1. The fraction of sp³-hybridized carbons (Fsp3) is 0.611. The molecular weight excluding hydrogens is 321 g/mol. The number of likely N-dealkylation sites (N-methyl/N-ethyl adjacent to an activating group) is 1. The van der Waals surface area contributed by atoms with Crippen molar-refractivity contribution in [1.29, 1.82) is 0 Å². The first-order valence-electron chi connectivity index (χ1n) is 8.93. The van der Waals surface area contributed by atoms with Gasteiger partial charge in [0, 0.05) is 44.4 Å². The van der Waals surface area contributed by atoms with E-state index in [9.17, 15) is 4.39 Å². The highest BCUT2D eigenvalue weighted by atomic mass is 19.1. The van der Waals surface area contributed by atoms with E-state index in [0.29, 0.717) is 25.4 Å². The molecule has 0 radical (unpaired) electrons. The van der Waals surface area contributed by atoms with Crippen molar-refractivity contribution in [2.75, 3.05) is 25.0 Å². The minimum absolute atomic E-state index is 0.129. The fourth-order valence-electron chi connectivity index (χ4n) is 3.52. The Morgan fingerprint density at radius 3 is 2.96 bits per heavy atom. The Hall–Kier alpha value is -2.02. The lowest BCUT2D eigenvalue weighted by Gasteiger charge is -2.28. The summed E-state index contributed by atoms with van der Waals surface area (Å²) >= 11 is 0. The van der Waals surface area contributed by atoms with E-state index in [1.165, 1.54) is 12.8 Å². The summed E-state index contributed by atoms with van der Waals surface area (Å²) in [6, 6.07) is 3.97. The first kappa shape index (κ1) is 16.4. The molecule has 4 rings (SSSR count). The number of halogens is 1. The Morgan fingerprint density at radius 1 is 1.40 bits per heavy atom. The summed E-state index contributed by atoms with van der Waals surface area (Å²) in [4.78, 5) is 13.3. The molecule has 0 bridgehead atoms. The van der Waals surface area contributed by atoms with Crippen LogP contribution in [-0.4, -0.2) is 52.4 Å². The van der Waals surface area contributed by atoms with Gasteiger partial charge in [0.25, 0.3) is 0 Å². The average molecular weight is 345 g/mol. The molecule has 3 heterocycles. The maximum atomic E-state index is 14.0. The molecule has 0 N–H and O–H groups in total. The Labute approximate surface area is 147 Å². The van der Waals surface area contributed by atoms with E-state index in [1.807, 2.05) is 32.3 Å². The predicted molar refractivity (Wildman–Crippen MR) is 92.2 cm³/mol. The molecule has 1 saturated heterocycles. The molecule has 2 aliphatic rings. The SMILES string of the molecule is Cc1cc(CN2C[C@@H](F)C[C@H]2CN(C)c2ccnc(C3CC3)n2)on1. The second-order valence-corrected chi connectivity index (χ2v) is 7.28. The number of hydrogen-bond acceptors (Lipinski definition) is 6. The second kappa shape index (κ2) is 6.71. The van der Waals surface area contributed by atoms with Crippen molar-refractivity contribution >= 4 is 5.82 Å². The van der Waals surface area contributed by atoms with Crippen LogP contribution in [0.4, 0.5) is 10.2 Å². The zero-order valence-electron chi connectivity index (χ0n) is 14.7. The Kier molecular flexibility index (Phi) is 4.41. The van der Waals surface area contributed by atoms with Gasteiger partial charge in [0.1, 0.15) is 17.8 Å². The Morgan fingerprint density at radius 2 is 2.24 bits per heavy atom. The molecule has 1 saturated carbocycles. The van der Waals surface area contributed by atoms with Crippen molar-refractivity contribution in [3.05, 3.63) is 35.6 Å². The monoisotopic (exact) mass is 345 g/mol. The van der Waals surface area contributed by atoms with E-state index < -0.39 is 6.17 Å². The van der Waals surface area contributed by atoms with Gasteiger partial charge in [0.2, 0.25) is 0 Å². The van der Waals surface area contributed by atoms with Crippen molar-refractivity contribution < 1.29 is 8.91 Å². The van der Waals surface area contributed by atoms with Gasteiger partial charge in [-0.15, -0.1) is 0 Å². The second-order valence-electron chi connectivity index (χ2n) is 7.28. The van der Waals surface area contributed by atoms with Crippen LogP contribution in [0.2, 0.25) is 0 Å². The van der Waals surface area contributed by atoms with Crippen LogP contribution in [0.15, 0.2) is 22.9 Å². The molecule has 1 aliphatic carbocycles. The molecule has 2 aromatic rings. The van der Waals surface area contributed by atoms with Crippen LogP contribution in [-0.2, 0) is 6.54 Å². The van der Waals surface area contributed by atoms with Crippen molar-refractivity contribution in [3.8, 4) is 0 Å². The van der Waals surface area contributed by atoms with Crippen molar-refractivity contribution in [2.24, 2.45) is 0 Å². The lowest BCUT2D eigenvalue weighted by atomic mass is 10.2. The number of aromatic nitrogens is 3. The molecule has 0 unspecified atom stereocenters. The Bertz CT molecular complexity index is 732. The molecule has 0 spiro atoms. The summed E-state index contributed by atoms with van der Waals surface area (Å²) in [7, 11) is 2.02. The van der Waals surface area contributed by atoms with E-state index in [2.05, 4.69) is 24.9 Å². The van der Waals surface area contributed by atoms with Crippen LogP contribution in [0.25, 0.3) is 0 Å². The minimum Gasteiger partial charge on any atom is -0.360 e. The van der Waals surface area contributed by atoms with E-state index in [0.717, 1.165) is 29.6 Å². The molecule has 1 aliphatic heterocycles. The molecule has 2 fully saturated rings. The number of likely N-dealkylation sites (tertiary alicyclic amines) is 1. The predicted octanol–water partition coefficient (Wildman–Crippen LogP) is 2.70. The highest BCUT2D eigenvalue weighted by Gasteiger charge is 2.34. The van der Waals surface area contributed by atoms with Crippen LogP contribution < -0.4 is 4.90 Å². The third kappa shape index (κ3) is 3.81. The topological polar surface area (TPSA) is 58.3 Å². The van der Waals surface area contributed by atoms with E-state index in [1.54, 1.807) is 0 Å². The summed E-state index contributed by atoms with van der Waals surface area (Å²) in [5, 5.41) is 3.92. The van der Waals surface area contributed by atoms with Gasteiger partial charge in [-0.3, -0.25) is 4.90 Å². The molecule has 2 aromatic heterocycles. The molecule has 134 valence electrons. The van der Waals surface area contributed by atoms with Crippen molar-refractivity contribution in [1.82, 2.24) is 20.0 Å². The molecule has 0 amide bonds. The molecule has 0 aromatic carbocycles. The summed E-state index contributed by atoms with van der Waals surface area (Å²) in [6.45, 7) is 3.66. The highest BCUT2D eigenvalue weighted by Crippen LogP contribution is 2.38. The number of rotatable bonds is 6. The van der Waals surface area contributed by atoms with Gasteiger partial charge in [0.15, 0.2) is 5.76 Å². The quantitative estimate of drug-likeness (QED) is 0.802. The third-order valence-electron chi connectivity index (χ3n) is 4.99. The smallest absolute Gasteiger partial charge is 0.150 e. The normalized spacial score (nSPS) is 24.0. The van der Waals surface area contributed by atoms with Gasteiger partial charge in [-0.05, 0) is 32.3 Å². The van der Waals surface area contributed by atoms with E-state index in [4.69, 9.17) is 4.52 Å². The van der Waals surface area contributed by atoms with Crippen LogP contribution >= 0.6 is 0 Å². The number of aryl methyl sites for hydroxylation is 1. The molecular formula is C18H24FN5O. The van der Waals surface area contributed by atoms with E-state index >= 15 is 0 Å². The average Bonchev–Trinajstić information content (AvgIpc) is 3.29. The summed E-state index contributed by atoms with van der Waals surface area (Å²) in [5.74, 6) is 3.17. The standard InChI is InChI=1S/C18H24FN5O/c1-12-7-16(25-22-12)11-24-9-14(19)8-15(24)10-23(2)17-5-6-20-18(21-17)13-3-4-13/h5-7,13-15H,3-4,8-11H2,1-2H3/t14-,15-/m0/s1. The zero-order chi connectivity index (χ0) is 17.4. The molecule has 6 nitrogen and oxygen atoms in total. The summed E-state index contributed by atoms with van der Waals surface area (Å²) in [6.07, 6.45) is 3.94. The number of anilines is 1. The van der Waals surface area contributed by atoms with Gasteiger partial charge in [-0.1, -0.05) is 5.16 Å². The van der Waals surface area contributed by atoms with Crippen molar-refractivity contribution in [2.45, 2.75) is 50.9 Å². The van der Waals surface area contributed by atoms with Crippen LogP contribution in [0.5, 0.6) is 0 Å². The van der Waals surface area contributed by atoms with Crippen LogP contribution in [0.1, 0.15) is 42.5 Å². The Balaban J connectivity index is 1.43. The highest BCUT2D eigenvalue weighted by molar-refractivity contribution is 5.37. The largest absolute Gasteiger partial charge is 0.360 e. The van der Waals surface area contributed by atoms with Gasteiger partial charge in [-0.2, -0.15) is 0 Å². The van der Waals surface area contributed by atoms with Gasteiger partial charge < -0.3 is 9.42 Å². The maximum Gasteiger partial charge on any atom is 0.150 e. The van der Waals surface area contributed by atoms with Crippen LogP contribution in [0, 0.1) is 6.92 Å².